The molecule has 0 aliphatic carbocycles. The first kappa shape index (κ1) is 132. The second kappa shape index (κ2) is 86.1. The lowest BCUT2D eigenvalue weighted by Crippen LogP contribution is -2.15. The smallest absolute Gasteiger partial charge is 0.332 e. The number of esters is 10. The van der Waals surface area contributed by atoms with Crippen LogP contribution in [0.3, 0.4) is 0 Å². The van der Waals surface area contributed by atoms with Gasteiger partial charge in [-0.05, 0) is 144 Å². The van der Waals surface area contributed by atoms with Crippen LogP contribution in [-0.4, -0.2) is 385 Å². The summed E-state index contributed by atoms with van der Waals surface area (Å²) in [6.45, 7) is 30.0. The highest BCUT2D eigenvalue weighted by Gasteiger charge is 2.43. The molecule has 10 saturated heterocycles. The van der Waals surface area contributed by atoms with Crippen molar-refractivity contribution in [1.82, 2.24) is 0 Å². The monoisotopic (exact) mass is 2020 g/mol. The number of ether oxygens (including phenoxy) is 30. The van der Waals surface area contributed by atoms with Gasteiger partial charge < -0.3 is 142 Å². The van der Waals surface area contributed by atoms with E-state index in [9.17, 15) is 47.9 Å². The fourth-order valence-corrected chi connectivity index (χ4v) is 12.4. The summed E-state index contributed by atoms with van der Waals surface area (Å²) in [7, 11) is 16.2. The van der Waals surface area contributed by atoms with Crippen LogP contribution in [0.1, 0.15) is 262 Å². The number of carbonyl (C=O) groups is 10. The Hall–Kier alpha value is -6.10. The standard InChI is InChI=1S/2C12H22O4.2C11H20O4.2C10H18O4.2C9H16O4.2C8H14O4/c1-10-11(16-10)9-15-12(13)7-5-3-4-6-8-14-2;1-3-10-11(16-10)9-15-12(13)7-5-4-6-8-14-2;1-9-10(15-9)8-14-11(12)6-4-3-5-7-13-2;1-3-9-10(15-9)8-14-11(12)6-4-5-7-13-2;1-8-9(14-8)7-13-10(11)5-3-4-6-12-2;1-3-8-9(14-8)7-13-10(11)5-4-6-12-2;1-7-8(13-7)6-12-9(10)4-3-5-11-2;1-3-7-8(13-7)6-12-9(10)4-5-11-2;1-6-7(12-6)5-11-8(9)3-4-10-2;1-3-6-7(12-6)4-11-8(9)5-10-2/h2*10-11H,3-9H2,1-2H3;2*9-10H,3-8H2,1-2H3;2*8-9H,3-7H2,1-2H3;2*7-8H,3-6H2,1-2H3;2*6-7H,3-5H2,1-2H3. The van der Waals surface area contributed by atoms with Crippen molar-refractivity contribution in [2.75, 3.05) is 203 Å². The van der Waals surface area contributed by atoms with Gasteiger partial charge in [-0.3, -0.25) is 43.2 Å². The van der Waals surface area contributed by atoms with Gasteiger partial charge in [0.2, 0.25) is 0 Å². The van der Waals surface area contributed by atoms with E-state index in [0.29, 0.717) is 194 Å². The first-order valence-corrected chi connectivity index (χ1v) is 50.6. The molecule has 40 nitrogen and oxygen atoms in total. The largest absolute Gasteiger partial charge is 0.463 e. The maximum Gasteiger partial charge on any atom is 0.332 e. The topological polar surface area (TPSA) is 481 Å². The van der Waals surface area contributed by atoms with E-state index in [4.69, 9.17) is 137 Å². The zero-order valence-electron chi connectivity index (χ0n) is 88.2. The van der Waals surface area contributed by atoms with E-state index < -0.39 is 0 Å². The summed E-state index contributed by atoms with van der Waals surface area (Å²) in [4.78, 5) is 111. The molecule has 0 amide bonds. The van der Waals surface area contributed by atoms with E-state index in [2.05, 4.69) is 32.4 Å². The van der Waals surface area contributed by atoms with Gasteiger partial charge >= 0.3 is 59.7 Å². The quantitative estimate of drug-likeness (QED) is 0.0236. The van der Waals surface area contributed by atoms with Crippen molar-refractivity contribution in [2.45, 2.75) is 384 Å². The SMILES string of the molecule is CCC1OC1COC(=O)CCCCCOC.CCC1OC1COC(=O)CCCCOC.CCC1OC1COC(=O)CCCOC.CCC1OC1COC(=O)CCOC.CCC1OC1COC(=O)COC.COCCC(=O)OCC1OC1C.COCCCC(=O)OCC1OC1C.COCCCCC(=O)OCC1OC1C.COCCCCCC(=O)OCC1OC1C.COCCCCCCC(=O)OCC1OC1C. The molecule has 0 bridgehead atoms. The van der Waals surface area contributed by atoms with Crippen LogP contribution in [0.15, 0.2) is 0 Å². The van der Waals surface area contributed by atoms with Gasteiger partial charge in [0, 0.05) is 162 Å². The summed E-state index contributed by atoms with van der Waals surface area (Å²) >= 11 is 0. The molecule has 0 aromatic rings. The summed E-state index contributed by atoms with van der Waals surface area (Å²) in [5.41, 5.74) is 0. The molecule has 10 aliphatic heterocycles. The second-order valence-corrected chi connectivity index (χ2v) is 34.6. The van der Waals surface area contributed by atoms with E-state index in [-0.39, 0.29) is 158 Å². The Bertz CT molecular complexity index is 3140. The van der Waals surface area contributed by atoms with Gasteiger partial charge in [-0.1, -0.05) is 60.3 Å². The fraction of sp³-hybridized carbons (Fsp3) is 0.900. The minimum Gasteiger partial charge on any atom is -0.463 e. The van der Waals surface area contributed by atoms with Crippen LogP contribution in [0.2, 0.25) is 0 Å². The van der Waals surface area contributed by atoms with Crippen LogP contribution < -0.4 is 0 Å². The van der Waals surface area contributed by atoms with Crippen LogP contribution in [-0.2, 0) is 190 Å². The van der Waals surface area contributed by atoms with Crippen molar-refractivity contribution >= 4 is 59.7 Å². The third-order valence-electron chi connectivity index (χ3n) is 22.4. The molecule has 0 saturated carbocycles. The summed E-state index contributed by atoms with van der Waals surface area (Å²) in [6.07, 6.45) is 28.0. The molecular weight excluding hydrogens is 1840 g/mol. The number of epoxide rings is 10. The van der Waals surface area contributed by atoms with Crippen LogP contribution in [0.4, 0.5) is 0 Å². The fourth-order valence-electron chi connectivity index (χ4n) is 12.4. The van der Waals surface area contributed by atoms with Crippen molar-refractivity contribution in [3.8, 4) is 0 Å². The number of rotatable bonds is 70. The van der Waals surface area contributed by atoms with Gasteiger partial charge in [-0.25, -0.2) is 4.79 Å². The van der Waals surface area contributed by atoms with E-state index in [0.717, 1.165) is 155 Å². The minimum absolute atomic E-state index is 0.0174. The Morgan fingerprint density at radius 3 is 0.493 bits per heavy atom. The zero-order valence-corrected chi connectivity index (χ0v) is 88.2. The molecule has 10 heterocycles. The molecule has 10 aliphatic rings. The van der Waals surface area contributed by atoms with E-state index in [1.54, 1.807) is 64.0 Å². The van der Waals surface area contributed by atoms with Crippen LogP contribution in [0, 0.1) is 0 Å². The second-order valence-electron chi connectivity index (χ2n) is 34.6. The molecule has 820 valence electrons. The maximum atomic E-state index is 11.3. The molecule has 140 heavy (non-hydrogen) atoms. The lowest BCUT2D eigenvalue weighted by Gasteiger charge is -2.03. The molecule has 0 aromatic heterocycles. The first-order chi connectivity index (χ1) is 67.6. The summed E-state index contributed by atoms with van der Waals surface area (Å²) in [6, 6.07) is 0. The van der Waals surface area contributed by atoms with Crippen molar-refractivity contribution in [2.24, 2.45) is 0 Å². The molecule has 20 unspecified atom stereocenters. The Balaban J connectivity index is 0.000000779. The lowest BCUT2D eigenvalue weighted by atomic mass is 10.1. The van der Waals surface area contributed by atoms with E-state index in [1.165, 1.54) is 7.11 Å². The number of hydrogen-bond donors (Lipinski definition) is 0. The molecule has 10 rings (SSSR count). The van der Waals surface area contributed by atoms with Crippen molar-refractivity contribution < 1.29 is 190 Å². The van der Waals surface area contributed by atoms with Crippen LogP contribution >= 0.6 is 0 Å². The van der Waals surface area contributed by atoms with Gasteiger partial charge in [0.1, 0.15) is 134 Å². The van der Waals surface area contributed by atoms with Gasteiger partial charge in [0.25, 0.3) is 0 Å². The normalized spacial score (nSPS) is 24.7. The van der Waals surface area contributed by atoms with E-state index in [1.807, 2.05) is 41.5 Å². The summed E-state index contributed by atoms with van der Waals surface area (Å²) in [5, 5.41) is 0. The predicted octanol–water partition coefficient (Wildman–Crippen LogP) is 11.3. The van der Waals surface area contributed by atoms with Gasteiger partial charge in [0.05, 0.1) is 87.1 Å². The lowest BCUT2D eigenvalue weighted by molar-refractivity contribution is -0.148. The molecule has 20 atom stereocenters. The highest BCUT2D eigenvalue weighted by molar-refractivity contribution is 5.72. The number of unbranched alkanes of at least 4 members (excludes halogenated alkanes) is 9. The van der Waals surface area contributed by atoms with Gasteiger partial charge in [0.15, 0.2) is 0 Å². The maximum absolute atomic E-state index is 11.3. The molecule has 0 aromatic carbocycles. The third kappa shape index (κ3) is 79.2. The van der Waals surface area contributed by atoms with Gasteiger partial charge in [-0.2, -0.15) is 0 Å². The number of carbonyl (C=O) groups excluding carboxylic acids is 10. The highest BCUT2D eigenvalue weighted by atomic mass is 16.7. The van der Waals surface area contributed by atoms with Crippen molar-refractivity contribution in [1.29, 1.82) is 0 Å². The van der Waals surface area contributed by atoms with Crippen LogP contribution in [0.25, 0.3) is 0 Å². The third-order valence-corrected chi connectivity index (χ3v) is 22.4. The highest BCUT2D eigenvalue weighted by Crippen LogP contribution is 2.31. The van der Waals surface area contributed by atoms with Crippen molar-refractivity contribution in [3.05, 3.63) is 0 Å². The Kier molecular flexibility index (Phi) is 81.1. The van der Waals surface area contributed by atoms with Crippen molar-refractivity contribution in [3.63, 3.8) is 0 Å². The summed E-state index contributed by atoms with van der Waals surface area (Å²) in [5.74, 6) is -1.69. The molecule has 0 radical (unpaired) electrons. The summed E-state index contributed by atoms with van der Waals surface area (Å²) < 4.78 is 150. The molecule has 10 fully saturated rings. The Morgan fingerprint density at radius 2 is 0.314 bits per heavy atom. The Labute approximate surface area is 833 Å². The molecular formula is C100H180O40. The zero-order chi connectivity index (χ0) is 104. The Morgan fingerprint density at radius 1 is 0.164 bits per heavy atom. The minimum atomic E-state index is -0.331. The first-order valence-electron chi connectivity index (χ1n) is 50.6. The average Bonchev–Trinajstić information content (AvgIpc) is 1.70. The number of methoxy groups -OCH3 is 10. The van der Waals surface area contributed by atoms with Crippen LogP contribution in [0.5, 0.6) is 0 Å². The molecule has 0 N–H and O–H groups in total. The number of hydrogen-bond acceptors (Lipinski definition) is 40. The van der Waals surface area contributed by atoms with Gasteiger partial charge in [-0.15, -0.1) is 0 Å². The molecule has 0 spiro atoms. The molecule has 40 heteroatoms. The predicted molar refractivity (Wildman–Crippen MR) is 510 cm³/mol. The average molecular weight is 2020 g/mol. The van der Waals surface area contributed by atoms with E-state index >= 15 is 0 Å².